The number of nitrogens with zero attached hydrogens (tertiary/aromatic N) is 2. The van der Waals surface area contributed by atoms with Gasteiger partial charge in [0.2, 0.25) is 0 Å². The summed E-state index contributed by atoms with van der Waals surface area (Å²) in [4.78, 5) is 8.78. The molecule has 1 saturated heterocycles. The number of aromatic nitrogens is 2. The summed E-state index contributed by atoms with van der Waals surface area (Å²) in [5.41, 5.74) is 5.88. The third-order valence-electron chi connectivity index (χ3n) is 3.94. The van der Waals surface area contributed by atoms with Gasteiger partial charge in [0.05, 0.1) is 6.10 Å². The van der Waals surface area contributed by atoms with E-state index >= 15 is 0 Å². The summed E-state index contributed by atoms with van der Waals surface area (Å²) in [6.45, 7) is 8.78. The quantitative estimate of drug-likeness (QED) is 0.773. The molecule has 2 heterocycles. The van der Waals surface area contributed by atoms with E-state index in [1.54, 1.807) is 0 Å². The summed E-state index contributed by atoms with van der Waals surface area (Å²) in [6, 6.07) is 0. The van der Waals surface area contributed by atoms with Crippen LogP contribution < -0.4 is 11.1 Å². The third kappa shape index (κ3) is 2.86. The molecule has 2 rings (SSSR count). The van der Waals surface area contributed by atoms with Gasteiger partial charge in [0.1, 0.15) is 23.1 Å². The Kier molecular flexibility index (Phi) is 4.15. The first-order chi connectivity index (χ1) is 9.33. The molecule has 1 aliphatic rings. The zero-order chi connectivity index (χ0) is 14.9. The minimum atomic E-state index is -0.857. The van der Waals surface area contributed by atoms with Gasteiger partial charge < -0.3 is 20.9 Å². The lowest BCUT2D eigenvalue weighted by Gasteiger charge is -2.27. The molecule has 1 aliphatic heterocycles. The zero-order valence-electron chi connectivity index (χ0n) is 12.6. The van der Waals surface area contributed by atoms with Crippen molar-refractivity contribution in [3.05, 3.63) is 11.4 Å². The van der Waals surface area contributed by atoms with Gasteiger partial charge in [-0.1, -0.05) is 13.8 Å². The Morgan fingerprint density at radius 3 is 2.75 bits per heavy atom. The fourth-order valence-corrected chi connectivity index (χ4v) is 2.22. The van der Waals surface area contributed by atoms with Crippen molar-refractivity contribution in [1.29, 1.82) is 0 Å². The van der Waals surface area contributed by atoms with Crippen LogP contribution in [-0.2, 0) is 4.74 Å². The first-order valence-corrected chi connectivity index (χ1v) is 7.05. The zero-order valence-corrected chi connectivity index (χ0v) is 12.6. The molecule has 20 heavy (non-hydrogen) atoms. The van der Waals surface area contributed by atoms with Gasteiger partial charge in [-0.15, -0.1) is 0 Å². The maximum Gasteiger partial charge on any atom is 0.135 e. The fourth-order valence-electron chi connectivity index (χ4n) is 2.22. The molecule has 2 atom stereocenters. The van der Waals surface area contributed by atoms with Crippen molar-refractivity contribution >= 4 is 11.6 Å². The predicted molar refractivity (Wildman–Crippen MR) is 78.7 cm³/mol. The van der Waals surface area contributed by atoms with Crippen LogP contribution in [0.2, 0.25) is 0 Å². The third-order valence-corrected chi connectivity index (χ3v) is 3.94. The Labute approximate surface area is 119 Å². The smallest absolute Gasteiger partial charge is 0.135 e. The number of nitrogens with one attached hydrogen (secondary N) is 1. The normalized spacial score (nSPS) is 26.2. The molecule has 0 aromatic carbocycles. The van der Waals surface area contributed by atoms with Gasteiger partial charge >= 0.3 is 0 Å². The molecular weight excluding hydrogens is 256 g/mol. The summed E-state index contributed by atoms with van der Waals surface area (Å²) in [6.07, 6.45) is 0.441. The van der Waals surface area contributed by atoms with Crippen LogP contribution in [0.4, 0.5) is 11.6 Å². The molecule has 6 nitrogen and oxygen atoms in total. The topological polar surface area (TPSA) is 93.3 Å². The fraction of sp³-hybridized carbons (Fsp3) is 0.714. The van der Waals surface area contributed by atoms with Crippen LogP contribution in [0.5, 0.6) is 0 Å². The Morgan fingerprint density at radius 1 is 1.50 bits per heavy atom. The minimum absolute atomic E-state index is 0.181. The molecule has 0 aliphatic carbocycles. The van der Waals surface area contributed by atoms with Crippen molar-refractivity contribution < 1.29 is 9.84 Å². The van der Waals surface area contributed by atoms with Crippen molar-refractivity contribution in [2.75, 3.05) is 24.2 Å². The van der Waals surface area contributed by atoms with E-state index in [1.807, 2.05) is 27.7 Å². The Hall–Kier alpha value is -1.40. The molecule has 112 valence electrons. The molecule has 6 heteroatoms. The second kappa shape index (κ2) is 5.54. The van der Waals surface area contributed by atoms with Gasteiger partial charge in [-0.3, -0.25) is 0 Å². The van der Waals surface area contributed by atoms with Gasteiger partial charge in [-0.2, -0.15) is 0 Å². The predicted octanol–water partition coefficient (Wildman–Crippen LogP) is 1.44. The van der Waals surface area contributed by atoms with Crippen LogP contribution in [0.25, 0.3) is 0 Å². The number of anilines is 2. The van der Waals surface area contributed by atoms with E-state index in [0.717, 1.165) is 5.56 Å². The molecule has 2 unspecified atom stereocenters. The van der Waals surface area contributed by atoms with Crippen molar-refractivity contribution in [2.45, 2.75) is 51.7 Å². The highest BCUT2D eigenvalue weighted by Gasteiger charge is 2.39. The van der Waals surface area contributed by atoms with Crippen LogP contribution in [0.15, 0.2) is 0 Å². The van der Waals surface area contributed by atoms with Crippen LogP contribution in [0.3, 0.4) is 0 Å². The standard InChI is InChI=1S/C14H24N4O2/c1-8(2)12-17-11(15)9(3)13(18-12)16-7-14(19)5-6-20-10(14)4/h8,10,19H,5-7H2,1-4H3,(H3,15,16,17,18). The summed E-state index contributed by atoms with van der Waals surface area (Å²) in [5, 5.41) is 13.7. The average Bonchev–Trinajstić information content (AvgIpc) is 2.71. The molecule has 1 aromatic heterocycles. The monoisotopic (exact) mass is 280 g/mol. The van der Waals surface area contributed by atoms with E-state index < -0.39 is 5.60 Å². The molecule has 0 saturated carbocycles. The van der Waals surface area contributed by atoms with Crippen LogP contribution >= 0.6 is 0 Å². The Balaban J connectivity index is 2.17. The first kappa shape index (κ1) is 15.0. The number of rotatable bonds is 4. The molecular formula is C14H24N4O2. The van der Waals surface area contributed by atoms with Crippen LogP contribution in [0, 0.1) is 6.92 Å². The number of nitrogen functional groups attached to an aromatic ring is 1. The summed E-state index contributed by atoms with van der Waals surface area (Å²) in [5.74, 6) is 2.08. The van der Waals surface area contributed by atoms with Gasteiger partial charge in [0.15, 0.2) is 0 Å². The highest BCUT2D eigenvalue weighted by atomic mass is 16.5. The SMILES string of the molecule is Cc1c(N)nc(C(C)C)nc1NCC1(O)CCOC1C. The van der Waals surface area contributed by atoms with Crippen molar-refractivity contribution in [3.8, 4) is 0 Å². The number of hydrogen-bond acceptors (Lipinski definition) is 6. The second-order valence-corrected chi connectivity index (χ2v) is 5.82. The van der Waals surface area contributed by atoms with Gasteiger partial charge in [-0.05, 0) is 13.8 Å². The number of hydrogen-bond donors (Lipinski definition) is 3. The Morgan fingerprint density at radius 2 is 2.20 bits per heavy atom. The van der Waals surface area contributed by atoms with E-state index in [9.17, 15) is 5.11 Å². The lowest BCUT2D eigenvalue weighted by Crippen LogP contribution is -2.43. The summed E-state index contributed by atoms with van der Waals surface area (Å²) in [7, 11) is 0. The average molecular weight is 280 g/mol. The number of nitrogens with two attached hydrogens (primary N) is 1. The largest absolute Gasteiger partial charge is 0.385 e. The highest BCUT2D eigenvalue weighted by molar-refractivity contribution is 5.55. The molecule has 0 radical (unpaired) electrons. The molecule has 1 fully saturated rings. The first-order valence-electron chi connectivity index (χ1n) is 7.05. The summed E-state index contributed by atoms with van der Waals surface area (Å²) < 4.78 is 5.43. The minimum Gasteiger partial charge on any atom is -0.385 e. The molecule has 0 amide bonds. The second-order valence-electron chi connectivity index (χ2n) is 5.82. The van der Waals surface area contributed by atoms with Gasteiger partial charge in [0, 0.05) is 31.1 Å². The van der Waals surface area contributed by atoms with Gasteiger partial charge in [-0.25, -0.2) is 9.97 Å². The van der Waals surface area contributed by atoms with Gasteiger partial charge in [0.25, 0.3) is 0 Å². The molecule has 0 bridgehead atoms. The molecule has 0 spiro atoms. The van der Waals surface area contributed by atoms with E-state index in [4.69, 9.17) is 10.5 Å². The van der Waals surface area contributed by atoms with Crippen LogP contribution in [0.1, 0.15) is 44.5 Å². The lowest BCUT2D eigenvalue weighted by atomic mass is 9.97. The maximum absolute atomic E-state index is 10.5. The maximum atomic E-state index is 10.5. The Bertz CT molecular complexity index is 492. The number of aliphatic hydroxyl groups is 1. The van der Waals surface area contributed by atoms with E-state index in [0.29, 0.717) is 37.0 Å². The summed E-state index contributed by atoms with van der Waals surface area (Å²) >= 11 is 0. The highest BCUT2D eigenvalue weighted by Crippen LogP contribution is 2.27. The lowest BCUT2D eigenvalue weighted by molar-refractivity contribution is -0.0176. The van der Waals surface area contributed by atoms with E-state index in [2.05, 4.69) is 15.3 Å². The molecule has 1 aromatic rings. The van der Waals surface area contributed by atoms with E-state index in [1.165, 1.54) is 0 Å². The van der Waals surface area contributed by atoms with Crippen molar-refractivity contribution in [3.63, 3.8) is 0 Å². The van der Waals surface area contributed by atoms with Crippen LogP contribution in [-0.4, -0.2) is 39.9 Å². The van der Waals surface area contributed by atoms with E-state index in [-0.39, 0.29) is 12.0 Å². The van der Waals surface area contributed by atoms with Crippen molar-refractivity contribution in [1.82, 2.24) is 9.97 Å². The molecule has 4 N–H and O–H groups in total. The van der Waals surface area contributed by atoms with Crippen molar-refractivity contribution in [2.24, 2.45) is 0 Å². The number of ether oxygens (including phenoxy) is 1.